The van der Waals surface area contributed by atoms with E-state index in [4.69, 9.17) is 23.3 Å². The fourth-order valence-electron chi connectivity index (χ4n) is 3.32. The molecule has 0 atom stereocenters. The summed E-state index contributed by atoms with van der Waals surface area (Å²) in [4.78, 5) is 32.5. The van der Waals surface area contributed by atoms with Gasteiger partial charge in [-0.25, -0.2) is 13.8 Å². The Bertz CT molecular complexity index is 1450. The van der Waals surface area contributed by atoms with E-state index in [0.717, 1.165) is 12.1 Å². The minimum atomic E-state index is -4.26. The Kier molecular flexibility index (Phi) is 10.2. The highest BCUT2D eigenvalue weighted by Gasteiger charge is 2.31. The van der Waals surface area contributed by atoms with E-state index in [0.29, 0.717) is 22.5 Å². The van der Waals surface area contributed by atoms with Gasteiger partial charge in [0.2, 0.25) is 19.5 Å². The number of nitrogens with one attached hydrogen (secondary N) is 1. The summed E-state index contributed by atoms with van der Waals surface area (Å²) in [6.07, 6.45) is 2.29. The molecular formula is C28H34F2N3O8P. The first-order valence-electron chi connectivity index (χ1n) is 12.8. The number of nitrogens with zero attached hydrogens (tertiary/aromatic N) is 2. The number of halogens is 2. The van der Waals surface area contributed by atoms with Crippen LogP contribution in [0.1, 0.15) is 47.1 Å². The largest absolute Gasteiger partial charge is 0.481 e. The van der Waals surface area contributed by atoms with Crippen LogP contribution in [0.3, 0.4) is 0 Å². The Morgan fingerprint density at radius 2 is 1.45 bits per heavy atom. The van der Waals surface area contributed by atoms with Crippen molar-refractivity contribution < 1.29 is 46.2 Å². The standard InChI is InChI=1S/C28H34F2N3O8P/c1-27(2,3)25(34)38-15-40-42(36,41-16-39-26(35)28(4,5)6)14-17-10-19(29)24(20(30)11-17)33-21-8-9-31-22-12-23(37-7)32-13-18(21)22/h8-13H,14-16H2,1-7H3,(H,31,33). The van der Waals surface area contributed by atoms with Crippen molar-refractivity contribution in [1.82, 2.24) is 9.97 Å². The summed E-state index contributed by atoms with van der Waals surface area (Å²) in [5, 5.41) is 3.20. The molecule has 1 N–H and O–H groups in total. The number of esters is 2. The molecule has 0 aliphatic carbocycles. The molecule has 228 valence electrons. The van der Waals surface area contributed by atoms with E-state index in [-0.39, 0.29) is 5.56 Å². The lowest BCUT2D eigenvalue weighted by Crippen LogP contribution is -2.25. The SMILES string of the molecule is COc1cc2nccc(Nc3c(F)cc(CP(=O)(OCOC(=O)C(C)(C)C)OCOC(=O)C(C)(C)C)cc3F)c2cn1. The fourth-order valence-corrected chi connectivity index (χ4v) is 4.63. The Labute approximate surface area is 242 Å². The molecule has 0 aliphatic heterocycles. The lowest BCUT2D eigenvalue weighted by atomic mass is 9.98. The number of hydrogen-bond acceptors (Lipinski definition) is 11. The van der Waals surface area contributed by atoms with Crippen LogP contribution in [-0.2, 0) is 38.8 Å². The first-order valence-corrected chi connectivity index (χ1v) is 14.5. The van der Waals surface area contributed by atoms with Crippen molar-refractivity contribution in [3.8, 4) is 5.88 Å². The average molecular weight is 610 g/mol. The van der Waals surface area contributed by atoms with Crippen molar-refractivity contribution in [1.29, 1.82) is 0 Å². The first-order chi connectivity index (χ1) is 19.5. The van der Waals surface area contributed by atoms with E-state index < -0.39 is 67.4 Å². The molecule has 3 aromatic rings. The first kappa shape index (κ1) is 32.8. The summed E-state index contributed by atoms with van der Waals surface area (Å²) in [6.45, 7) is 8.14. The Morgan fingerprint density at radius 1 is 0.905 bits per heavy atom. The van der Waals surface area contributed by atoms with E-state index >= 15 is 8.78 Å². The van der Waals surface area contributed by atoms with Gasteiger partial charge in [-0.05, 0) is 65.3 Å². The van der Waals surface area contributed by atoms with Gasteiger partial charge in [-0.3, -0.25) is 28.2 Å². The van der Waals surface area contributed by atoms with Crippen LogP contribution in [0.5, 0.6) is 5.88 Å². The van der Waals surface area contributed by atoms with Crippen molar-refractivity contribution in [2.75, 3.05) is 26.0 Å². The topological polar surface area (TPSA) is 135 Å². The molecule has 0 radical (unpaired) electrons. The van der Waals surface area contributed by atoms with Crippen LogP contribution >= 0.6 is 7.60 Å². The molecule has 3 rings (SSSR count). The van der Waals surface area contributed by atoms with Gasteiger partial charge in [0.05, 0.1) is 35.3 Å². The third-order valence-electron chi connectivity index (χ3n) is 5.65. The number of anilines is 2. The van der Waals surface area contributed by atoms with Gasteiger partial charge < -0.3 is 19.5 Å². The normalized spacial score (nSPS) is 12.2. The molecule has 0 unspecified atom stereocenters. The number of carbonyl (C=O) groups is 2. The number of aromatic nitrogens is 2. The summed E-state index contributed by atoms with van der Waals surface area (Å²) in [5.41, 5.74) is -1.48. The van der Waals surface area contributed by atoms with Gasteiger partial charge in [-0.15, -0.1) is 0 Å². The van der Waals surface area contributed by atoms with Gasteiger partial charge in [0, 0.05) is 23.8 Å². The van der Waals surface area contributed by atoms with E-state index in [9.17, 15) is 14.2 Å². The highest BCUT2D eigenvalue weighted by atomic mass is 31.2. The zero-order chi connectivity index (χ0) is 31.3. The number of ether oxygens (including phenoxy) is 3. The van der Waals surface area contributed by atoms with Crippen LogP contribution in [-0.4, -0.2) is 42.6 Å². The van der Waals surface area contributed by atoms with Gasteiger partial charge in [-0.2, -0.15) is 0 Å². The Hall–Kier alpha value is -3.67. The van der Waals surface area contributed by atoms with Crippen LogP contribution < -0.4 is 10.1 Å². The molecule has 14 heteroatoms. The van der Waals surface area contributed by atoms with Crippen molar-refractivity contribution in [2.24, 2.45) is 10.8 Å². The molecule has 0 spiro atoms. The molecule has 0 saturated heterocycles. The predicted molar refractivity (Wildman–Crippen MR) is 150 cm³/mol. The number of pyridine rings is 2. The maximum Gasteiger partial charge on any atom is 0.340 e. The minimum Gasteiger partial charge on any atom is -0.481 e. The van der Waals surface area contributed by atoms with E-state index in [1.54, 1.807) is 47.6 Å². The van der Waals surface area contributed by atoms with Crippen molar-refractivity contribution >= 4 is 41.8 Å². The number of benzene rings is 1. The van der Waals surface area contributed by atoms with E-state index in [1.807, 2.05) is 0 Å². The van der Waals surface area contributed by atoms with Gasteiger partial charge >= 0.3 is 19.5 Å². The number of carbonyl (C=O) groups excluding carboxylic acids is 2. The van der Waals surface area contributed by atoms with Crippen molar-refractivity contribution in [3.63, 3.8) is 0 Å². The van der Waals surface area contributed by atoms with Crippen LogP contribution in [0, 0.1) is 22.5 Å². The Balaban J connectivity index is 1.82. The van der Waals surface area contributed by atoms with E-state index in [1.165, 1.54) is 25.6 Å². The molecule has 2 heterocycles. The molecule has 0 fully saturated rings. The maximum atomic E-state index is 15.2. The van der Waals surface area contributed by atoms with Crippen molar-refractivity contribution in [2.45, 2.75) is 47.7 Å². The lowest BCUT2D eigenvalue weighted by Gasteiger charge is -2.22. The monoisotopic (exact) mass is 609 g/mol. The van der Waals surface area contributed by atoms with Crippen LogP contribution in [0.15, 0.2) is 36.7 Å². The minimum absolute atomic E-state index is 0.0887. The van der Waals surface area contributed by atoms with Crippen LogP contribution in [0.2, 0.25) is 0 Å². The molecular weight excluding hydrogens is 575 g/mol. The third kappa shape index (κ3) is 8.67. The second-order valence-electron chi connectivity index (χ2n) is 11.3. The maximum absolute atomic E-state index is 15.2. The van der Waals surface area contributed by atoms with Crippen LogP contribution in [0.4, 0.5) is 20.2 Å². The van der Waals surface area contributed by atoms with E-state index in [2.05, 4.69) is 15.3 Å². The second-order valence-corrected chi connectivity index (χ2v) is 13.3. The summed E-state index contributed by atoms with van der Waals surface area (Å²) in [7, 11) is -2.80. The predicted octanol–water partition coefficient (Wildman–Crippen LogP) is 6.48. The zero-order valence-corrected chi connectivity index (χ0v) is 25.3. The molecule has 0 amide bonds. The smallest absolute Gasteiger partial charge is 0.340 e. The fraction of sp³-hybridized carbons (Fsp3) is 0.429. The molecule has 42 heavy (non-hydrogen) atoms. The molecule has 2 aromatic heterocycles. The zero-order valence-electron chi connectivity index (χ0n) is 24.4. The summed E-state index contributed by atoms with van der Waals surface area (Å²) in [6, 6.07) is 5.01. The average Bonchev–Trinajstić information content (AvgIpc) is 2.89. The van der Waals surface area contributed by atoms with Gasteiger partial charge in [0.15, 0.2) is 0 Å². The lowest BCUT2D eigenvalue weighted by molar-refractivity contribution is -0.162. The highest BCUT2D eigenvalue weighted by Crippen LogP contribution is 2.52. The molecule has 1 aromatic carbocycles. The molecule has 11 nitrogen and oxygen atoms in total. The molecule has 0 saturated carbocycles. The van der Waals surface area contributed by atoms with Crippen LogP contribution in [0.25, 0.3) is 10.9 Å². The second kappa shape index (κ2) is 13.1. The number of methoxy groups -OCH3 is 1. The molecule has 0 bridgehead atoms. The van der Waals surface area contributed by atoms with Gasteiger partial charge in [0.25, 0.3) is 0 Å². The number of fused-ring (bicyclic) bond motifs is 1. The van der Waals surface area contributed by atoms with Crippen molar-refractivity contribution in [3.05, 3.63) is 53.9 Å². The number of hydrogen-bond donors (Lipinski definition) is 1. The summed E-state index contributed by atoms with van der Waals surface area (Å²) < 4.78 is 69.6. The third-order valence-corrected chi connectivity index (χ3v) is 7.40. The summed E-state index contributed by atoms with van der Waals surface area (Å²) in [5.74, 6) is -2.96. The van der Waals surface area contributed by atoms with Gasteiger partial charge in [0.1, 0.15) is 17.3 Å². The molecule has 0 aliphatic rings. The van der Waals surface area contributed by atoms with Gasteiger partial charge in [-0.1, -0.05) is 0 Å². The highest BCUT2D eigenvalue weighted by molar-refractivity contribution is 7.53. The summed E-state index contributed by atoms with van der Waals surface area (Å²) >= 11 is 0. The quantitative estimate of drug-likeness (QED) is 0.145. The Morgan fingerprint density at radius 3 is 1.95 bits per heavy atom. The number of rotatable bonds is 11.